The second kappa shape index (κ2) is 13.8. The third-order valence-electron chi connectivity index (χ3n) is 12.9. The number of hydrogen-bond donors (Lipinski definition) is 0. The zero-order valence-corrected chi connectivity index (χ0v) is 38.5. The molecule has 0 aromatic heterocycles. The van der Waals surface area contributed by atoms with Crippen molar-refractivity contribution in [2.45, 2.75) is 131 Å². The van der Waals surface area contributed by atoms with Crippen molar-refractivity contribution in [3.8, 4) is 11.1 Å². The lowest BCUT2D eigenvalue weighted by Gasteiger charge is -2.45. The summed E-state index contributed by atoms with van der Waals surface area (Å²) in [4.78, 5) is 5.13. The van der Waals surface area contributed by atoms with E-state index in [4.69, 9.17) is 0 Å². The van der Waals surface area contributed by atoms with Gasteiger partial charge in [0.05, 0.1) is 5.69 Å². The molecule has 0 atom stereocenters. The fourth-order valence-electron chi connectivity index (χ4n) is 9.10. The van der Waals surface area contributed by atoms with E-state index >= 15 is 0 Å². The van der Waals surface area contributed by atoms with Crippen LogP contribution in [0.2, 0.25) is 0 Å². The summed E-state index contributed by atoms with van der Waals surface area (Å²) in [6.07, 6.45) is 0. The van der Waals surface area contributed by atoms with Crippen LogP contribution in [0.3, 0.4) is 0 Å². The number of anilines is 6. The average molecular weight is 777 g/mol. The molecule has 0 radical (unpaired) electrons. The Hall–Kier alpha value is -5.02. The van der Waals surface area contributed by atoms with E-state index < -0.39 is 0 Å². The predicted molar refractivity (Wildman–Crippen MR) is 259 cm³/mol. The lowest BCUT2D eigenvalue weighted by Crippen LogP contribution is -2.61. The molecule has 59 heavy (non-hydrogen) atoms. The Labute approximate surface area is 356 Å². The summed E-state index contributed by atoms with van der Waals surface area (Å²) in [5.41, 5.74) is 20.8. The number of hydrogen-bond acceptors (Lipinski definition) is 2. The first-order valence-corrected chi connectivity index (χ1v) is 21.8. The molecule has 0 amide bonds. The third-order valence-corrected chi connectivity index (χ3v) is 12.9. The van der Waals surface area contributed by atoms with Crippen molar-refractivity contribution >= 4 is 57.2 Å². The molecule has 2 aliphatic rings. The topological polar surface area (TPSA) is 6.48 Å². The van der Waals surface area contributed by atoms with Crippen molar-refractivity contribution in [2.75, 3.05) is 9.80 Å². The minimum absolute atomic E-state index is 0.00293. The molecule has 0 unspecified atom stereocenters. The molecule has 2 aliphatic heterocycles. The molecule has 3 heteroatoms. The Morgan fingerprint density at radius 2 is 0.712 bits per heavy atom. The lowest BCUT2D eigenvalue weighted by molar-refractivity contribution is 0.590. The normalized spacial score (nSPS) is 14.3. The quantitative estimate of drug-likeness (QED) is 0.165. The maximum atomic E-state index is 2.59. The average Bonchev–Trinajstić information content (AvgIpc) is 3.15. The molecule has 0 saturated carbocycles. The highest BCUT2D eigenvalue weighted by Gasteiger charge is 2.44. The monoisotopic (exact) mass is 777 g/mol. The summed E-state index contributed by atoms with van der Waals surface area (Å²) in [5.74, 6) is 0. The van der Waals surface area contributed by atoms with Crippen molar-refractivity contribution < 1.29 is 0 Å². The second-order valence-corrected chi connectivity index (χ2v) is 22.5. The number of benzene rings is 6. The SMILES string of the molecule is CC(C)(C)c1ccc(-c2cc(C(C)(C)C)ccc2N2c3ccc(C(C)(C)C)cc3B3c4cc(C(C)(C)C)ccc4N(c4ccc(C(C)(C)C)cc4)c4cccc2c43)cc1. The zero-order chi connectivity index (χ0) is 42.6. The first-order valence-electron chi connectivity index (χ1n) is 21.8. The minimum Gasteiger partial charge on any atom is -0.311 e. The van der Waals surface area contributed by atoms with Crippen molar-refractivity contribution in [2.24, 2.45) is 0 Å². The highest BCUT2D eigenvalue weighted by Crippen LogP contribution is 2.48. The molecule has 2 heterocycles. The summed E-state index contributed by atoms with van der Waals surface area (Å²) >= 11 is 0. The van der Waals surface area contributed by atoms with Gasteiger partial charge < -0.3 is 9.80 Å². The van der Waals surface area contributed by atoms with Gasteiger partial charge >= 0.3 is 0 Å². The highest BCUT2D eigenvalue weighted by molar-refractivity contribution is 7.00. The smallest absolute Gasteiger partial charge is 0.252 e. The lowest BCUT2D eigenvalue weighted by atomic mass is 9.33. The van der Waals surface area contributed by atoms with E-state index in [1.807, 2.05) is 0 Å². The molecule has 0 spiro atoms. The number of rotatable bonds is 3. The largest absolute Gasteiger partial charge is 0.311 e. The van der Waals surface area contributed by atoms with Crippen LogP contribution in [-0.4, -0.2) is 6.71 Å². The van der Waals surface area contributed by atoms with Crippen LogP contribution in [0.15, 0.2) is 121 Å². The predicted octanol–water partition coefficient (Wildman–Crippen LogP) is 13.9. The first kappa shape index (κ1) is 40.8. The van der Waals surface area contributed by atoms with Crippen LogP contribution in [0.1, 0.15) is 132 Å². The van der Waals surface area contributed by atoms with Crippen molar-refractivity contribution in [1.29, 1.82) is 0 Å². The fraction of sp³-hybridized carbons (Fsp3) is 0.357. The van der Waals surface area contributed by atoms with Crippen molar-refractivity contribution in [1.82, 2.24) is 0 Å². The van der Waals surface area contributed by atoms with Gasteiger partial charge in [-0.25, -0.2) is 0 Å². The highest BCUT2D eigenvalue weighted by atomic mass is 15.2. The molecular weight excluding hydrogens is 711 g/mol. The van der Waals surface area contributed by atoms with Crippen LogP contribution in [0, 0.1) is 0 Å². The fourth-order valence-corrected chi connectivity index (χ4v) is 9.10. The zero-order valence-electron chi connectivity index (χ0n) is 38.5. The summed E-state index contributed by atoms with van der Waals surface area (Å²) < 4.78 is 0. The molecular formula is C56H65BN2. The van der Waals surface area contributed by atoms with E-state index in [9.17, 15) is 0 Å². The second-order valence-electron chi connectivity index (χ2n) is 22.5. The van der Waals surface area contributed by atoms with E-state index in [1.54, 1.807) is 0 Å². The Bertz CT molecular complexity index is 2560. The Morgan fingerprint density at radius 3 is 1.17 bits per heavy atom. The van der Waals surface area contributed by atoms with Crippen molar-refractivity contribution in [3.05, 3.63) is 149 Å². The van der Waals surface area contributed by atoms with Crippen LogP contribution < -0.4 is 26.2 Å². The summed E-state index contributed by atoms with van der Waals surface area (Å²) in [6, 6.07) is 47.5. The van der Waals surface area contributed by atoms with Gasteiger partial charge in [0.25, 0.3) is 6.71 Å². The molecule has 6 aromatic rings. The van der Waals surface area contributed by atoms with Gasteiger partial charge in [0.15, 0.2) is 0 Å². The Balaban J connectivity index is 1.46. The van der Waals surface area contributed by atoms with Gasteiger partial charge in [-0.05, 0) is 125 Å². The molecule has 302 valence electrons. The molecule has 0 N–H and O–H groups in total. The maximum Gasteiger partial charge on any atom is 0.252 e. The minimum atomic E-state index is -0.0143. The molecule has 6 aromatic carbocycles. The summed E-state index contributed by atoms with van der Waals surface area (Å²) in [7, 11) is 0. The van der Waals surface area contributed by atoms with E-state index in [2.05, 4.69) is 235 Å². The molecule has 0 fully saturated rings. The van der Waals surface area contributed by atoms with E-state index in [0.717, 1.165) is 0 Å². The molecule has 2 nitrogen and oxygen atoms in total. The van der Waals surface area contributed by atoms with Gasteiger partial charge in [-0.3, -0.25) is 0 Å². The summed E-state index contributed by atoms with van der Waals surface area (Å²) in [6.45, 7) is 34.8. The third kappa shape index (κ3) is 7.23. The van der Waals surface area contributed by atoms with E-state index in [-0.39, 0.29) is 33.8 Å². The maximum absolute atomic E-state index is 2.59. The van der Waals surface area contributed by atoms with Gasteiger partial charge in [0.1, 0.15) is 0 Å². The van der Waals surface area contributed by atoms with Crippen LogP contribution in [0.4, 0.5) is 34.1 Å². The van der Waals surface area contributed by atoms with Gasteiger partial charge in [-0.1, -0.05) is 177 Å². The number of nitrogens with zero attached hydrogens (tertiary/aromatic N) is 2. The van der Waals surface area contributed by atoms with Gasteiger partial charge in [0, 0.05) is 34.0 Å². The Morgan fingerprint density at radius 1 is 0.339 bits per heavy atom. The molecule has 0 aliphatic carbocycles. The van der Waals surface area contributed by atoms with Gasteiger partial charge in [-0.2, -0.15) is 0 Å². The molecule has 0 bridgehead atoms. The van der Waals surface area contributed by atoms with Crippen LogP contribution in [0.5, 0.6) is 0 Å². The van der Waals surface area contributed by atoms with Gasteiger partial charge in [-0.15, -0.1) is 0 Å². The van der Waals surface area contributed by atoms with Crippen molar-refractivity contribution in [3.63, 3.8) is 0 Å². The standard InChI is InChI=1S/C56H65BN2/c1-52(2,3)37-21-19-36(20-22-37)43-33-39(54(7,8)9)25-30-46(43)59-48-32-27-41(56(13,14)15)35-45(48)57-44-34-40(55(10,11)12)26-31-47(44)58(49-17-16-18-50(59)51(49)57)42-28-23-38(24-29-42)53(4,5)6/h16-35H,1-15H3. The number of fused-ring (bicyclic) bond motifs is 4. The Kier molecular flexibility index (Phi) is 9.51. The molecule has 0 saturated heterocycles. The van der Waals surface area contributed by atoms with Gasteiger partial charge in [0.2, 0.25) is 0 Å². The van der Waals surface area contributed by atoms with E-state index in [0.29, 0.717) is 0 Å². The summed E-state index contributed by atoms with van der Waals surface area (Å²) in [5, 5.41) is 0. The first-order chi connectivity index (χ1) is 27.4. The van der Waals surface area contributed by atoms with Crippen LogP contribution in [0.25, 0.3) is 11.1 Å². The van der Waals surface area contributed by atoms with Crippen LogP contribution in [-0.2, 0) is 27.1 Å². The van der Waals surface area contributed by atoms with Crippen LogP contribution >= 0.6 is 0 Å². The van der Waals surface area contributed by atoms with E-state index in [1.165, 1.54) is 89.5 Å². The molecule has 8 rings (SSSR count).